The van der Waals surface area contributed by atoms with E-state index in [0.717, 1.165) is 25.3 Å². The predicted octanol–water partition coefficient (Wildman–Crippen LogP) is 3.76. The van der Waals surface area contributed by atoms with Crippen LogP contribution in [0.1, 0.15) is 27.9 Å². The molecule has 0 heterocycles. The third-order valence-electron chi connectivity index (χ3n) is 3.88. The molecule has 1 aliphatic rings. The third-order valence-corrected chi connectivity index (χ3v) is 4.20. The molecule has 0 saturated heterocycles. The summed E-state index contributed by atoms with van der Waals surface area (Å²) >= 11 is 5.78. The van der Waals surface area contributed by atoms with Gasteiger partial charge in [-0.3, -0.25) is 4.79 Å². The Morgan fingerprint density at radius 2 is 1.96 bits per heavy atom. The summed E-state index contributed by atoms with van der Waals surface area (Å²) < 4.78 is 18.5. The second-order valence-electron chi connectivity index (χ2n) is 5.56. The zero-order chi connectivity index (χ0) is 17.1. The lowest BCUT2D eigenvalue weighted by Crippen LogP contribution is -2.21. The summed E-state index contributed by atoms with van der Waals surface area (Å²) in [6.07, 6.45) is 3.18. The van der Waals surface area contributed by atoms with Gasteiger partial charge in [-0.15, -0.1) is 0 Å². The fourth-order valence-electron chi connectivity index (χ4n) is 2.74. The van der Waals surface area contributed by atoms with E-state index in [1.807, 2.05) is 18.2 Å². The van der Waals surface area contributed by atoms with Gasteiger partial charge in [-0.25, -0.2) is 9.18 Å². The van der Waals surface area contributed by atoms with E-state index in [0.29, 0.717) is 5.69 Å². The fraction of sp³-hybridized carbons (Fsp3) is 0.222. The Morgan fingerprint density at radius 1 is 1.17 bits per heavy atom. The van der Waals surface area contributed by atoms with E-state index < -0.39 is 24.3 Å². The molecule has 0 saturated carbocycles. The zero-order valence-corrected chi connectivity index (χ0v) is 13.5. The molecule has 0 aromatic heterocycles. The van der Waals surface area contributed by atoms with Gasteiger partial charge >= 0.3 is 5.97 Å². The maximum absolute atomic E-state index is 13.6. The molecule has 0 atom stereocenters. The van der Waals surface area contributed by atoms with Crippen molar-refractivity contribution in [1.29, 1.82) is 0 Å². The molecule has 24 heavy (non-hydrogen) atoms. The number of halogens is 2. The molecule has 2 aromatic carbocycles. The first-order valence-electron chi connectivity index (χ1n) is 7.57. The molecule has 1 aliphatic carbocycles. The average Bonchev–Trinajstić information content (AvgIpc) is 3.00. The molecule has 0 aliphatic heterocycles. The van der Waals surface area contributed by atoms with E-state index in [4.69, 9.17) is 16.3 Å². The van der Waals surface area contributed by atoms with Gasteiger partial charge < -0.3 is 10.1 Å². The van der Waals surface area contributed by atoms with Crippen molar-refractivity contribution in [2.24, 2.45) is 0 Å². The largest absolute Gasteiger partial charge is 0.452 e. The number of benzene rings is 2. The number of carbonyl (C=O) groups excluding carboxylic acids is 2. The van der Waals surface area contributed by atoms with E-state index in [1.54, 1.807) is 0 Å². The highest BCUT2D eigenvalue weighted by Gasteiger charge is 2.18. The minimum Gasteiger partial charge on any atom is -0.452 e. The topological polar surface area (TPSA) is 55.4 Å². The van der Waals surface area contributed by atoms with Crippen LogP contribution in [0, 0.1) is 5.82 Å². The van der Waals surface area contributed by atoms with Crippen LogP contribution < -0.4 is 5.32 Å². The molecule has 1 amide bonds. The molecule has 124 valence electrons. The summed E-state index contributed by atoms with van der Waals surface area (Å²) in [6.45, 7) is -0.513. The van der Waals surface area contributed by atoms with Crippen LogP contribution in [0.3, 0.4) is 0 Å². The lowest BCUT2D eigenvalue weighted by molar-refractivity contribution is -0.119. The highest BCUT2D eigenvalue weighted by Crippen LogP contribution is 2.25. The second-order valence-corrected chi connectivity index (χ2v) is 5.97. The number of rotatable bonds is 4. The number of esters is 1. The molecule has 0 radical (unpaired) electrons. The number of ether oxygens (including phenoxy) is 1. The molecule has 0 spiro atoms. The van der Waals surface area contributed by atoms with Gasteiger partial charge in [0.15, 0.2) is 6.61 Å². The molecule has 6 heteroatoms. The van der Waals surface area contributed by atoms with Crippen LogP contribution in [-0.4, -0.2) is 18.5 Å². The van der Waals surface area contributed by atoms with Crippen molar-refractivity contribution in [3.63, 3.8) is 0 Å². The number of amides is 1. The number of nitrogens with one attached hydrogen (secondary N) is 1. The molecule has 0 unspecified atom stereocenters. The van der Waals surface area contributed by atoms with Crippen LogP contribution in [0.5, 0.6) is 0 Å². The summed E-state index contributed by atoms with van der Waals surface area (Å²) in [5.41, 5.74) is 2.81. The standard InChI is InChI=1S/C18H15ClFNO3/c19-14-5-2-6-15(20)17(14)18(23)24-10-16(22)21-13-8-7-11-3-1-4-12(11)9-13/h2,5-9H,1,3-4,10H2,(H,21,22). The summed E-state index contributed by atoms with van der Waals surface area (Å²) in [4.78, 5) is 23.8. The number of aryl methyl sites for hydroxylation is 2. The second kappa shape index (κ2) is 7.01. The Bertz CT molecular complexity index is 787. The molecular formula is C18H15ClFNO3. The molecule has 2 aromatic rings. The summed E-state index contributed by atoms with van der Waals surface area (Å²) in [6, 6.07) is 9.60. The Kier molecular flexibility index (Phi) is 4.81. The SMILES string of the molecule is O=C(COC(=O)c1c(F)cccc1Cl)Nc1ccc2c(c1)CCC2. The van der Waals surface area contributed by atoms with Gasteiger partial charge in [0.2, 0.25) is 0 Å². The quantitative estimate of drug-likeness (QED) is 0.857. The number of hydrogen-bond donors (Lipinski definition) is 1. The van der Waals surface area contributed by atoms with Gasteiger partial charge in [-0.1, -0.05) is 23.7 Å². The minimum atomic E-state index is -0.970. The molecule has 3 rings (SSSR count). The van der Waals surface area contributed by atoms with Gasteiger partial charge in [0, 0.05) is 5.69 Å². The van der Waals surface area contributed by atoms with E-state index >= 15 is 0 Å². The van der Waals surface area contributed by atoms with E-state index in [1.165, 1.54) is 23.3 Å². The van der Waals surface area contributed by atoms with Crippen molar-refractivity contribution in [3.05, 3.63) is 63.9 Å². The molecule has 0 fully saturated rings. The normalized spacial score (nSPS) is 12.6. The first-order valence-corrected chi connectivity index (χ1v) is 7.95. The number of carbonyl (C=O) groups is 2. The van der Waals surface area contributed by atoms with Gasteiger partial charge in [0.25, 0.3) is 5.91 Å². The number of hydrogen-bond acceptors (Lipinski definition) is 3. The van der Waals surface area contributed by atoms with Crippen LogP contribution in [0.25, 0.3) is 0 Å². The van der Waals surface area contributed by atoms with E-state index in [-0.39, 0.29) is 10.6 Å². The number of fused-ring (bicyclic) bond motifs is 1. The Hall–Kier alpha value is -2.40. The van der Waals surface area contributed by atoms with Gasteiger partial charge in [0.1, 0.15) is 11.4 Å². The third kappa shape index (κ3) is 3.57. The summed E-state index contributed by atoms with van der Waals surface area (Å²) in [7, 11) is 0. The number of anilines is 1. The van der Waals surface area contributed by atoms with Crippen molar-refractivity contribution in [3.8, 4) is 0 Å². The minimum absolute atomic E-state index is 0.0565. The first kappa shape index (κ1) is 16.5. The zero-order valence-electron chi connectivity index (χ0n) is 12.8. The van der Waals surface area contributed by atoms with Crippen LogP contribution in [0.15, 0.2) is 36.4 Å². The van der Waals surface area contributed by atoms with Crippen molar-refractivity contribution in [2.75, 3.05) is 11.9 Å². The van der Waals surface area contributed by atoms with E-state index in [9.17, 15) is 14.0 Å². The van der Waals surface area contributed by atoms with Crippen LogP contribution >= 0.6 is 11.6 Å². The maximum Gasteiger partial charge on any atom is 0.343 e. The van der Waals surface area contributed by atoms with Crippen LogP contribution in [0.2, 0.25) is 5.02 Å². The lowest BCUT2D eigenvalue weighted by atomic mass is 10.1. The smallest absolute Gasteiger partial charge is 0.343 e. The fourth-order valence-corrected chi connectivity index (χ4v) is 2.98. The van der Waals surface area contributed by atoms with Crippen LogP contribution in [0.4, 0.5) is 10.1 Å². The highest BCUT2D eigenvalue weighted by atomic mass is 35.5. The summed E-state index contributed by atoms with van der Waals surface area (Å²) in [5, 5.41) is 2.61. The molecule has 0 bridgehead atoms. The predicted molar refractivity (Wildman–Crippen MR) is 88.8 cm³/mol. The maximum atomic E-state index is 13.6. The van der Waals surface area contributed by atoms with Gasteiger partial charge in [0.05, 0.1) is 5.02 Å². The van der Waals surface area contributed by atoms with Gasteiger partial charge in [-0.05, 0) is 54.7 Å². The Morgan fingerprint density at radius 3 is 2.75 bits per heavy atom. The molecular weight excluding hydrogens is 333 g/mol. The van der Waals surface area contributed by atoms with Crippen molar-refractivity contribution in [2.45, 2.75) is 19.3 Å². The van der Waals surface area contributed by atoms with Crippen molar-refractivity contribution >= 4 is 29.2 Å². The first-order chi connectivity index (χ1) is 11.5. The lowest BCUT2D eigenvalue weighted by Gasteiger charge is -2.09. The molecule has 1 N–H and O–H groups in total. The van der Waals surface area contributed by atoms with Crippen molar-refractivity contribution in [1.82, 2.24) is 0 Å². The summed E-state index contributed by atoms with van der Waals surface area (Å²) in [5.74, 6) is -2.25. The monoisotopic (exact) mass is 347 g/mol. The molecule has 4 nitrogen and oxygen atoms in total. The van der Waals surface area contributed by atoms with Crippen molar-refractivity contribution < 1.29 is 18.7 Å². The highest BCUT2D eigenvalue weighted by molar-refractivity contribution is 6.33. The van der Waals surface area contributed by atoms with Gasteiger partial charge in [-0.2, -0.15) is 0 Å². The Balaban J connectivity index is 1.59. The van der Waals surface area contributed by atoms with E-state index in [2.05, 4.69) is 5.32 Å². The average molecular weight is 348 g/mol. The Labute approximate surface area is 143 Å². The van der Waals surface area contributed by atoms with Crippen LogP contribution in [-0.2, 0) is 22.4 Å².